The van der Waals surface area contributed by atoms with E-state index in [-0.39, 0.29) is 41.1 Å². The van der Waals surface area contributed by atoms with Gasteiger partial charge in [0.25, 0.3) is 0 Å². The summed E-state index contributed by atoms with van der Waals surface area (Å²) in [5.74, 6) is 0. The molecule has 3 aromatic rings. The Bertz CT molecular complexity index is 1080. The third kappa shape index (κ3) is 10.3. The minimum absolute atomic E-state index is 0. The third-order valence-electron chi connectivity index (χ3n) is 6.27. The molecule has 36 heavy (non-hydrogen) atoms. The fraction of sp³-hybridized carbons (Fsp3) is 0.469. The van der Waals surface area contributed by atoms with E-state index < -0.39 is 0 Å². The summed E-state index contributed by atoms with van der Waals surface area (Å²) in [6.07, 6.45) is 10.0. The molecule has 4 heteroatoms. The van der Waals surface area contributed by atoms with Gasteiger partial charge in [0.2, 0.25) is 0 Å². The molecule has 0 fully saturated rings. The van der Waals surface area contributed by atoms with E-state index in [1.54, 1.807) is 23.3 Å². The number of rotatable bonds is 2. The van der Waals surface area contributed by atoms with Crippen LogP contribution in [0.1, 0.15) is 86.8 Å². The van der Waals surface area contributed by atoms with Crippen molar-refractivity contribution in [3.8, 4) is 0 Å². The molecule has 0 aromatic heterocycles. The molecule has 4 rings (SSSR count). The van der Waals surface area contributed by atoms with Gasteiger partial charge in [-0.1, -0.05) is 76.9 Å². The molecule has 0 unspecified atom stereocenters. The molecule has 0 bridgehead atoms. The minimum atomic E-state index is 0. The average molecular weight is 619 g/mol. The molecule has 0 spiro atoms. The Hall–Kier alpha value is -0.530. The Morgan fingerprint density at radius 2 is 1.19 bits per heavy atom. The summed E-state index contributed by atoms with van der Waals surface area (Å²) in [6, 6.07) is 16.1. The quantitative estimate of drug-likeness (QED) is 0.302. The van der Waals surface area contributed by atoms with Crippen LogP contribution in [0.4, 0.5) is 0 Å². The van der Waals surface area contributed by atoms with Gasteiger partial charge >= 0.3 is 67.5 Å². The SMILES string of the molecule is CC(C)(C)c1ccc2[cH-]c3ccc(C(C)(C)C)cc3c2c1.CC(C)[Si](=[Zr+2])C(C)C.[C-]1=CC=CC1.[Cl-].[Cl-]. The van der Waals surface area contributed by atoms with Crippen LogP contribution in [0.3, 0.4) is 0 Å². The molecule has 0 saturated carbocycles. The molecule has 0 amide bonds. The predicted molar refractivity (Wildman–Crippen MR) is 152 cm³/mol. The number of hydrogen-bond acceptors (Lipinski definition) is 0. The van der Waals surface area contributed by atoms with Crippen LogP contribution >= 0.6 is 0 Å². The maximum Gasteiger partial charge on any atom is -0.109 e. The normalized spacial score (nSPS) is 12.6. The zero-order valence-electron chi connectivity index (χ0n) is 23.9. The first kappa shape index (κ1) is 35.5. The average Bonchev–Trinajstić information content (AvgIpc) is 3.42. The van der Waals surface area contributed by atoms with Crippen molar-refractivity contribution in [3.05, 3.63) is 77.9 Å². The summed E-state index contributed by atoms with van der Waals surface area (Å²) in [7, 11) is 0. The minimum Gasteiger partial charge on any atom is -1.00 e. The van der Waals surface area contributed by atoms with Crippen LogP contribution in [-0.2, 0) is 34.2 Å². The van der Waals surface area contributed by atoms with Crippen molar-refractivity contribution in [2.24, 2.45) is 0 Å². The maximum atomic E-state index is 2.99. The number of fused-ring (bicyclic) bond motifs is 3. The van der Waals surface area contributed by atoms with E-state index in [0.717, 1.165) is 17.5 Å². The van der Waals surface area contributed by atoms with Gasteiger partial charge in [0.1, 0.15) is 0 Å². The molecule has 0 atom stereocenters. The van der Waals surface area contributed by atoms with Crippen molar-refractivity contribution in [1.82, 2.24) is 0 Å². The van der Waals surface area contributed by atoms with Gasteiger partial charge in [-0.15, -0.1) is 46.2 Å². The van der Waals surface area contributed by atoms with Gasteiger partial charge in [0, 0.05) is 0 Å². The van der Waals surface area contributed by atoms with Crippen LogP contribution in [0.15, 0.2) is 60.7 Å². The van der Waals surface area contributed by atoms with Gasteiger partial charge in [-0.05, 0) is 10.8 Å². The van der Waals surface area contributed by atoms with Gasteiger partial charge in [-0.25, -0.2) is 12.2 Å². The van der Waals surface area contributed by atoms with Crippen LogP contribution in [-0.4, -0.2) is 5.43 Å². The standard InChI is InChI=1S/C21H25.C6H14Si.C5H5.2ClH.Zr/c1-20(2,3)16-9-7-14-11-15-8-10-17(21(4,5)6)13-19(15)18(14)12-16;1-5(2)7-6(3)4;1-2-4-5-3-1;;;/h7-13H,1-6H3;5-6H,1-4H3;1-3H,4H2;2*1H;/q-1;;-1;;;+2/p-2. The third-order valence-corrected chi connectivity index (χ3v) is 17.3. The molecule has 0 aliphatic heterocycles. The molecule has 3 aromatic carbocycles. The van der Waals surface area contributed by atoms with E-state index in [2.05, 4.69) is 124 Å². The summed E-state index contributed by atoms with van der Waals surface area (Å²) >= 11 is 1.80. The van der Waals surface area contributed by atoms with Crippen molar-refractivity contribution in [2.75, 3.05) is 0 Å². The van der Waals surface area contributed by atoms with Crippen molar-refractivity contribution >= 4 is 27.0 Å². The molecule has 0 radical (unpaired) electrons. The topological polar surface area (TPSA) is 0 Å². The first-order valence-corrected chi connectivity index (χ1v) is 18.0. The predicted octanol–water partition coefficient (Wildman–Crippen LogP) is 3.97. The van der Waals surface area contributed by atoms with Crippen molar-refractivity contribution < 1.29 is 48.1 Å². The maximum absolute atomic E-state index is 2.99. The van der Waals surface area contributed by atoms with Crippen LogP contribution < -0.4 is 24.8 Å². The zero-order chi connectivity index (χ0) is 25.7. The monoisotopic (exact) mass is 616 g/mol. The zero-order valence-corrected chi connectivity index (χ0v) is 28.9. The van der Waals surface area contributed by atoms with E-state index >= 15 is 0 Å². The van der Waals surface area contributed by atoms with Crippen LogP contribution in [0.5, 0.6) is 0 Å². The van der Waals surface area contributed by atoms with Gasteiger partial charge in [-0.2, -0.15) is 6.08 Å². The summed E-state index contributed by atoms with van der Waals surface area (Å²) in [6.45, 7) is 23.1. The molecule has 0 N–H and O–H groups in total. The molecule has 0 saturated heterocycles. The van der Waals surface area contributed by atoms with Gasteiger partial charge in [0.05, 0.1) is 0 Å². The molecular formula is C32H44Cl2SiZr-2. The summed E-state index contributed by atoms with van der Waals surface area (Å²) < 4.78 is 0. The second-order valence-electron chi connectivity index (χ2n) is 12.0. The molecule has 1 aliphatic rings. The number of allylic oxidation sites excluding steroid dienone is 4. The summed E-state index contributed by atoms with van der Waals surface area (Å²) in [4.78, 5) is 0. The number of halogens is 2. The summed E-state index contributed by atoms with van der Waals surface area (Å²) in [5, 5.41) is 5.49. The van der Waals surface area contributed by atoms with Crippen LogP contribution in [0.25, 0.3) is 21.5 Å². The number of hydrogen-bond donors (Lipinski definition) is 0. The summed E-state index contributed by atoms with van der Waals surface area (Å²) in [5.41, 5.74) is 5.24. The van der Waals surface area contributed by atoms with Gasteiger partial charge in [0.15, 0.2) is 0 Å². The van der Waals surface area contributed by atoms with Crippen LogP contribution in [0, 0.1) is 6.08 Å². The van der Waals surface area contributed by atoms with E-state index in [4.69, 9.17) is 0 Å². The first-order chi connectivity index (χ1) is 15.7. The molecule has 0 nitrogen and oxygen atoms in total. The Morgan fingerprint density at radius 1 is 0.778 bits per heavy atom. The second-order valence-corrected chi connectivity index (χ2v) is 19.5. The Labute approximate surface area is 249 Å². The fourth-order valence-corrected chi connectivity index (χ4v) is 5.27. The Morgan fingerprint density at radius 3 is 1.42 bits per heavy atom. The van der Waals surface area contributed by atoms with Crippen molar-refractivity contribution in [3.63, 3.8) is 0 Å². The molecule has 0 heterocycles. The fourth-order valence-electron chi connectivity index (χ4n) is 3.94. The van der Waals surface area contributed by atoms with Crippen molar-refractivity contribution in [1.29, 1.82) is 0 Å². The van der Waals surface area contributed by atoms with E-state index in [1.807, 2.05) is 12.2 Å². The molecule has 1 aliphatic carbocycles. The second kappa shape index (κ2) is 15.2. The molecule has 196 valence electrons. The largest absolute Gasteiger partial charge is 1.00 e. The van der Waals surface area contributed by atoms with E-state index in [1.165, 1.54) is 32.7 Å². The Balaban J connectivity index is 0.000000681. The van der Waals surface area contributed by atoms with E-state index in [9.17, 15) is 0 Å². The van der Waals surface area contributed by atoms with E-state index in [0.29, 0.717) is 0 Å². The first-order valence-electron chi connectivity index (χ1n) is 12.7. The Kier molecular flexibility index (Phi) is 14.9. The molecular weight excluding hydrogens is 575 g/mol. The smallest absolute Gasteiger partial charge is 0.109 e. The van der Waals surface area contributed by atoms with Crippen LogP contribution in [0.2, 0.25) is 11.1 Å². The van der Waals surface area contributed by atoms with Gasteiger partial charge in [-0.3, -0.25) is 6.08 Å². The van der Waals surface area contributed by atoms with Gasteiger partial charge < -0.3 is 24.8 Å². The number of benzene rings is 2. The van der Waals surface area contributed by atoms with Crippen molar-refractivity contribution in [2.45, 2.75) is 97.6 Å².